The third-order valence-electron chi connectivity index (χ3n) is 3.03. The van der Waals surface area contributed by atoms with Gasteiger partial charge in [0.05, 0.1) is 0 Å². The summed E-state index contributed by atoms with van der Waals surface area (Å²) in [6, 6.07) is 4.35. The van der Waals surface area contributed by atoms with Crippen molar-refractivity contribution in [1.29, 1.82) is 0 Å². The van der Waals surface area contributed by atoms with E-state index >= 15 is 0 Å². The van der Waals surface area contributed by atoms with Gasteiger partial charge >= 0.3 is 0 Å². The summed E-state index contributed by atoms with van der Waals surface area (Å²) in [7, 11) is 4.21. The Morgan fingerprint density at radius 3 is 2.94 bits per heavy atom. The highest BCUT2D eigenvalue weighted by Gasteiger charge is 2.12. The van der Waals surface area contributed by atoms with Gasteiger partial charge in [-0.1, -0.05) is 11.6 Å². The first-order valence-corrected chi connectivity index (χ1v) is 6.24. The molecule has 0 saturated carbocycles. The molecule has 3 heteroatoms. The number of nitrogens with zero attached hydrogens (tertiary/aromatic N) is 1. The number of aryl methyl sites for hydroxylation is 1. The fourth-order valence-corrected chi connectivity index (χ4v) is 2.42. The van der Waals surface area contributed by atoms with Crippen LogP contribution in [0.1, 0.15) is 17.5 Å². The van der Waals surface area contributed by atoms with Gasteiger partial charge in [-0.2, -0.15) is 0 Å². The molecule has 1 aromatic rings. The summed E-state index contributed by atoms with van der Waals surface area (Å²) in [5.41, 5.74) is 3.92. The zero-order chi connectivity index (χ0) is 11.5. The zero-order valence-electron chi connectivity index (χ0n) is 10.0. The normalized spacial score (nSPS) is 14.0. The van der Waals surface area contributed by atoms with Crippen LogP contribution in [0.3, 0.4) is 0 Å². The van der Waals surface area contributed by atoms with Gasteiger partial charge < -0.3 is 10.2 Å². The van der Waals surface area contributed by atoms with Crippen molar-refractivity contribution in [3.63, 3.8) is 0 Å². The second kappa shape index (κ2) is 5.07. The summed E-state index contributed by atoms with van der Waals surface area (Å²) in [5.74, 6) is 0. The summed E-state index contributed by atoms with van der Waals surface area (Å²) >= 11 is 6.28. The Bertz CT molecular complexity index is 374. The van der Waals surface area contributed by atoms with Crippen molar-refractivity contribution in [3.05, 3.63) is 28.3 Å². The number of hydrogen-bond donors (Lipinski definition) is 1. The van der Waals surface area contributed by atoms with Crippen molar-refractivity contribution in [1.82, 2.24) is 4.90 Å². The van der Waals surface area contributed by atoms with Gasteiger partial charge in [-0.05, 0) is 63.2 Å². The van der Waals surface area contributed by atoms with Crippen molar-refractivity contribution in [2.75, 3.05) is 32.5 Å². The third-order valence-corrected chi connectivity index (χ3v) is 3.39. The number of anilines is 1. The van der Waals surface area contributed by atoms with E-state index in [1.54, 1.807) is 0 Å². The zero-order valence-corrected chi connectivity index (χ0v) is 10.8. The van der Waals surface area contributed by atoms with Crippen LogP contribution in [0, 0.1) is 0 Å². The molecular weight excluding hydrogens is 220 g/mol. The second-order valence-electron chi connectivity index (χ2n) is 4.68. The van der Waals surface area contributed by atoms with Crippen LogP contribution in [0.5, 0.6) is 0 Å². The fraction of sp³-hybridized carbons (Fsp3) is 0.538. The van der Waals surface area contributed by atoms with Gasteiger partial charge in [0.15, 0.2) is 0 Å². The van der Waals surface area contributed by atoms with Crippen LogP contribution >= 0.6 is 11.6 Å². The van der Waals surface area contributed by atoms with Crippen LogP contribution in [0.25, 0.3) is 0 Å². The van der Waals surface area contributed by atoms with E-state index in [0.29, 0.717) is 0 Å². The summed E-state index contributed by atoms with van der Waals surface area (Å²) in [5, 5.41) is 4.33. The molecule has 1 N–H and O–H groups in total. The first-order valence-electron chi connectivity index (χ1n) is 5.86. The number of fused-ring (bicyclic) bond motifs is 1. The maximum atomic E-state index is 6.28. The topological polar surface area (TPSA) is 15.3 Å². The Balaban J connectivity index is 2.04. The Morgan fingerprint density at radius 1 is 1.38 bits per heavy atom. The standard InChI is InChI=1S/C13H19ClN2/c1-16(2)7-3-4-10-9-13-11(5-6-15-13)8-12(10)14/h8-9,15H,3-7H2,1-2H3. The number of hydrogen-bond acceptors (Lipinski definition) is 2. The number of halogens is 1. The second-order valence-corrected chi connectivity index (χ2v) is 5.09. The highest BCUT2D eigenvalue weighted by Crippen LogP contribution is 2.29. The molecule has 1 aliphatic rings. The van der Waals surface area contributed by atoms with E-state index in [4.69, 9.17) is 11.6 Å². The summed E-state index contributed by atoms with van der Waals surface area (Å²) in [6.07, 6.45) is 3.32. The van der Waals surface area contributed by atoms with Gasteiger partial charge in [-0.3, -0.25) is 0 Å². The van der Waals surface area contributed by atoms with Crippen molar-refractivity contribution in [3.8, 4) is 0 Å². The summed E-state index contributed by atoms with van der Waals surface area (Å²) in [6.45, 7) is 2.16. The highest BCUT2D eigenvalue weighted by molar-refractivity contribution is 6.31. The predicted octanol–water partition coefficient (Wildman–Crippen LogP) is 2.80. The quantitative estimate of drug-likeness (QED) is 0.868. The smallest absolute Gasteiger partial charge is 0.0442 e. The van der Waals surface area contributed by atoms with E-state index in [1.165, 1.54) is 16.8 Å². The molecule has 2 nitrogen and oxygen atoms in total. The van der Waals surface area contributed by atoms with Crippen LogP contribution in [-0.2, 0) is 12.8 Å². The Labute approximate surface area is 103 Å². The van der Waals surface area contributed by atoms with Gasteiger partial charge in [0.2, 0.25) is 0 Å². The molecule has 0 aromatic heterocycles. The number of benzene rings is 1. The minimum Gasteiger partial charge on any atom is -0.384 e. The summed E-state index contributed by atoms with van der Waals surface area (Å²) in [4.78, 5) is 2.21. The lowest BCUT2D eigenvalue weighted by atomic mass is 10.1. The fourth-order valence-electron chi connectivity index (χ4n) is 2.14. The van der Waals surface area contributed by atoms with E-state index in [-0.39, 0.29) is 0 Å². The molecule has 1 heterocycles. The van der Waals surface area contributed by atoms with Crippen LogP contribution < -0.4 is 5.32 Å². The first kappa shape index (κ1) is 11.7. The molecule has 0 spiro atoms. The molecule has 0 bridgehead atoms. The van der Waals surface area contributed by atoms with E-state index in [9.17, 15) is 0 Å². The maximum absolute atomic E-state index is 6.28. The molecule has 0 unspecified atom stereocenters. The van der Waals surface area contributed by atoms with Crippen molar-refractivity contribution >= 4 is 17.3 Å². The van der Waals surface area contributed by atoms with Crippen molar-refractivity contribution in [2.24, 2.45) is 0 Å². The van der Waals surface area contributed by atoms with E-state index in [0.717, 1.165) is 37.4 Å². The van der Waals surface area contributed by atoms with Crippen LogP contribution in [0.2, 0.25) is 5.02 Å². The van der Waals surface area contributed by atoms with E-state index < -0.39 is 0 Å². The lowest BCUT2D eigenvalue weighted by Gasteiger charge is -2.11. The van der Waals surface area contributed by atoms with E-state index in [1.807, 2.05) is 0 Å². The molecule has 0 radical (unpaired) electrons. The molecule has 1 aliphatic heterocycles. The average molecular weight is 239 g/mol. The molecule has 16 heavy (non-hydrogen) atoms. The summed E-state index contributed by atoms with van der Waals surface area (Å²) < 4.78 is 0. The Kier molecular flexibility index (Phi) is 3.72. The largest absolute Gasteiger partial charge is 0.384 e. The van der Waals surface area contributed by atoms with Crippen LogP contribution in [0.15, 0.2) is 12.1 Å². The SMILES string of the molecule is CN(C)CCCc1cc2c(cc1Cl)CCN2. The third kappa shape index (κ3) is 2.69. The molecular formula is C13H19ClN2. The van der Waals surface area contributed by atoms with Gasteiger partial charge in [0.1, 0.15) is 0 Å². The van der Waals surface area contributed by atoms with Crippen LogP contribution in [0.4, 0.5) is 5.69 Å². The molecule has 0 aliphatic carbocycles. The lowest BCUT2D eigenvalue weighted by molar-refractivity contribution is 0.400. The molecule has 0 fully saturated rings. The molecule has 1 aromatic carbocycles. The Morgan fingerprint density at radius 2 is 2.19 bits per heavy atom. The average Bonchev–Trinajstić information content (AvgIpc) is 2.64. The molecule has 0 amide bonds. The van der Waals surface area contributed by atoms with Crippen molar-refractivity contribution in [2.45, 2.75) is 19.3 Å². The van der Waals surface area contributed by atoms with Gasteiger partial charge in [-0.25, -0.2) is 0 Å². The maximum Gasteiger partial charge on any atom is 0.0442 e. The lowest BCUT2D eigenvalue weighted by Crippen LogP contribution is -2.13. The monoisotopic (exact) mass is 238 g/mol. The molecule has 0 saturated heterocycles. The number of nitrogens with one attached hydrogen (secondary N) is 1. The van der Waals surface area contributed by atoms with E-state index in [2.05, 4.69) is 36.4 Å². The molecule has 88 valence electrons. The minimum absolute atomic E-state index is 0.932. The predicted molar refractivity (Wildman–Crippen MR) is 70.5 cm³/mol. The minimum atomic E-state index is 0.932. The van der Waals surface area contributed by atoms with Crippen molar-refractivity contribution < 1.29 is 0 Å². The molecule has 0 atom stereocenters. The van der Waals surface area contributed by atoms with Gasteiger partial charge in [0, 0.05) is 17.3 Å². The molecule has 2 rings (SSSR count). The Hall–Kier alpha value is -0.730. The highest BCUT2D eigenvalue weighted by atomic mass is 35.5. The number of rotatable bonds is 4. The van der Waals surface area contributed by atoms with Crippen LogP contribution in [-0.4, -0.2) is 32.1 Å². The first-order chi connectivity index (χ1) is 7.66. The van der Waals surface area contributed by atoms with Gasteiger partial charge in [0.25, 0.3) is 0 Å². The van der Waals surface area contributed by atoms with Gasteiger partial charge in [-0.15, -0.1) is 0 Å².